The van der Waals surface area contributed by atoms with E-state index in [0.29, 0.717) is 12.4 Å². The predicted octanol–water partition coefficient (Wildman–Crippen LogP) is 1.67. The van der Waals surface area contributed by atoms with Gasteiger partial charge in [0.2, 0.25) is 5.88 Å². The molecule has 0 saturated carbocycles. The first-order valence-electron chi connectivity index (χ1n) is 4.31. The smallest absolute Gasteiger partial charge is 0.222 e. The third-order valence-corrected chi connectivity index (χ3v) is 1.88. The summed E-state index contributed by atoms with van der Waals surface area (Å²) < 4.78 is 5.71. The maximum Gasteiger partial charge on any atom is 0.222 e. The highest BCUT2D eigenvalue weighted by Crippen LogP contribution is 2.21. The monoisotopic (exact) mass is 176 g/mol. The third kappa shape index (κ3) is 1.69. The number of aliphatic imine (C=N–C) groups is 1. The second kappa shape index (κ2) is 2.83. The van der Waals surface area contributed by atoms with Crippen molar-refractivity contribution in [1.82, 2.24) is 4.98 Å². The van der Waals surface area contributed by atoms with Gasteiger partial charge in [-0.3, -0.25) is 4.99 Å². The molecule has 13 heavy (non-hydrogen) atoms. The van der Waals surface area contributed by atoms with Gasteiger partial charge in [0.15, 0.2) is 0 Å². The van der Waals surface area contributed by atoms with E-state index in [-0.39, 0.29) is 5.60 Å². The Bertz CT molecular complexity index is 345. The van der Waals surface area contributed by atoms with E-state index in [1.165, 1.54) is 0 Å². The number of ether oxygens (including phenoxy) is 1. The molecule has 0 spiro atoms. The molecule has 2 rings (SSSR count). The Morgan fingerprint density at radius 2 is 2.31 bits per heavy atom. The highest BCUT2D eigenvalue weighted by Gasteiger charge is 2.23. The van der Waals surface area contributed by atoms with Gasteiger partial charge in [-0.1, -0.05) is 0 Å². The number of aromatic nitrogens is 1. The van der Waals surface area contributed by atoms with Crippen molar-refractivity contribution < 1.29 is 4.74 Å². The molecule has 0 saturated heterocycles. The van der Waals surface area contributed by atoms with Crippen LogP contribution in [-0.4, -0.2) is 23.3 Å². The maximum atomic E-state index is 5.71. The predicted molar refractivity (Wildman–Crippen MR) is 51.4 cm³/mol. The first kappa shape index (κ1) is 8.23. The summed E-state index contributed by atoms with van der Waals surface area (Å²) in [5, 5.41) is 0. The number of rotatable bonds is 0. The fourth-order valence-electron chi connectivity index (χ4n) is 1.24. The molecule has 1 aromatic heterocycles. The van der Waals surface area contributed by atoms with E-state index in [0.717, 1.165) is 5.56 Å². The lowest BCUT2D eigenvalue weighted by Gasteiger charge is -2.22. The van der Waals surface area contributed by atoms with Crippen molar-refractivity contribution in [3.8, 4) is 5.88 Å². The molecule has 0 radical (unpaired) electrons. The molecule has 0 atom stereocenters. The van der Waals surface area contributed by atoms with E-state index < -0.39 is 0 Å². The summed E-state index contributed by atoms with van der Waals surface area (Å²) >= 11 is 0. The lowest BCUT2D eigenvalue weighted by Crippen LogP contribution is -2.31. The summed E-state index contributed by atoms with van der Waals surface area (Å²) in [5.74, 6) is 0.675. The van der Waals surface area contributed by atoms with Crippen LogP contribution in [0.25, 0.3) is 0 Å². The van der Waals surface area contributed by atoms with Gasteiger partial charge in [0.1, 0.15) is 5.60 Å². The number of fused-ring (bicyclic) bond motifs is 1. The molecule has 68 valence electrons. The molecular formula is C10H12N2O. The highest BCUT2D eigenvalue weighted by atomic mass is 16.5. The molecule has 0 amide bonds. The Hall–Kier alpha value is -1.38. The minimum Gasteiger partial charge on any atom is -0.469 e. The third-order valence-electron chi connectivity index (χ3n) is 1.88. The average Bonchev–Trinajstić information content (AvgIpc) is 2.21. The zero-order chi connectivity index (χ0) is 9.31. The van der Waals surface area contributed by atoms with Gasteiger partial charge >= 0.3 is 0 Å². The Morgan fingerprint density at radius 1 is 1.46 bits per heavy atom. The zero-order valence-corrected chi connectivity index (χ0v) is 7.82. The molecule has 0 bridgehead atoms. The lowest BCUT2D eigenvalue weighted by atomic mass is 10.1. The molecular weight excluding hydrogens is 164 g/mol. The van der Waals surface area contributed by atoms with Crippen LogP contribution in [0.5, 0.6) is 5.88 Å². The fourth-order valence-corrected chi connectivity index (χ4v) is 1.24. The van der Waals surface area contributed by atoms with E-state index in [4.69, 9.17) is 4.74 Å². The summed E-state index contributed by atoms with van der Waals surface area (Å²) in [5.41, 5.74) is 0.698. The van der Waals surface area contributed by atoms with Crippen LogP contribution in [0.3, 0.4) is 0 Å². The van der Waals surface area contributed by atoms with Gasteiger partial charge in [0.25, 0.3) is 0 Å². The van der Waals surface area contributed by atoms with E-state index in [9.17, 15) is 0 Å². The van der Waals surface area contributed by atoms with Gasteiger partial charge in [-0.2, -0.15) is 0 Å². The molecule has 1 aliphatic rings. The molecule has 3 nitrogen and oxygen atoms in total. The van der Waals surface area contributed by atoms with Crippen molar-refractivity contribution in [1.29, 1.82) is 0 Å². The topological polar surface area (TPSA) is 34.5 Å². The molecule has 0 fully saturated rings. The minimum atomic E-state index is -0.254. The lowest BCUT2D eigenvalue weighted by molar-refractivity contribution is 0.115. The van der Waals surface area contributed by atoms with Crippen LogP contribution in [0.15, 0.2) is 23.3 Å². The van der Waals surface area contributed by atoms with Crippen molar-refractivity contribution >= 4 is 6.21 Å². The van der Waals surface area contributed by atoms with Crippen molar-refractivity contribution in [2.24, 2.45) is 4.99 Å². The van der Waals surface area contributed by atoms with Crippen molar-refractivity contribution in [2.75, 3.05) is 6.54 Å². The molecule has 3 heteroatoms. The van der Waals surface area contributed by atoms with Gasteiger partial charge in [0.05, 0.1) is 12.1 Å². The van der Waals surface area contributed by atoms with Crippen molar-refractivity contribution in [3.63, 3.8) is 0 Å². The number of pyridine rings is 1. The second-order valence-corrected chi connectivity index (χ2v) is 3.73. The number of hydrogen-bond donors (Lipinski definition) is 0. The molecule has 0 N–H and O–H groups in total. The van der Waals surface area contributed by atoms with Gasteiger partial charge < -0.3 is 4.74 Å². The van der Waals surface area contributed by atoms with E-state index in [1.807, 2.05) is 32.2 Å². The Morgan fingerprint density at radius 3 is 3.15 bits per heavy atom. The summed E-state index contributed by atoms with van der Waals surface area (Å²) in [4.78, 5) is 8.44. The Kier molecular flexibility index (Phi) is 1.79. The quantitative estimate of drug-likeness (QED) is 0.602. The Labute approximate surface area is 77.5 Å². The summed E-state index contributed by atoms with van der Waals surface area (Å²) in [6.45, 7) is 4.69. The molecule has 2 heterocycles. The summed E-state index contributed by atoms with van der Waals surface area (Å²) in [6, 6.07) is 3.83. The normalized spacial score (nSPS) is 18.6. The van der Waals surface area contributed by atoms with E-state index in [1.54, 1.807) is 6.20 Å². The largest absolute Gasteiger partial charge is 0.469 e. The maximum absolute atomic E-state index is 5.71. The summed E-state index contributed by atoms with van der Waals surface area (Å²) in [6.07, 6.45) is 3.55. The molecule has 1 aromatic rings. The first-order chi connectivity index (χ1) is 6.17. The number of nitrogens with zero attached hydrogens (tertiary/aromatic N) is 2. The van der Waals surface area contributed by atoms with E-state index >= 15 is 0 Å². The van der Waals surface area contributed by atoms with Crippen LogP contribution in [-0.2, 0) is 0 Å². The highest BCUT2D eigenvalue weighted by molar-refractivity contribution is 5.82. The first-order valence-corrected chi connectivity index (χ1v) is 4.31. The zero-order valence-electron chi connectivity index (χ0n) is 7.82. The molecule has 0 aliphatic carbocycles. The molecule has 0 aromatic carbocycles. The summed E-state index contributed by atoms with van der Waals surface area (Å²) in [7, 11) is 0. The van der Waals surface area contributed by atoms with Crippen LogP contribution < -0.4 is 4.74 Å². The Balaban J connectivity index is 2.43. The second-order valence-electron chi connectivity index (χ2n) is 3.73. The van der Waals surface area contributed by atoms with Gasteiger partial charge in [-0.15, -0.1) is 0 Å². The van der Waals surface area contributed by atoms with Crippen molar-refractivity contribution in [2.45, 2.75) is 19.4 Å². The van der Waals surface area contributed by atoms with Crippen molar-refractivity contribution in [3.05, 3.63) is 23.9 Å². The van der Waals surface area contributed by atoms with Crippen LogP contribution >= 0.6 is 0 Å². The average molecular weight is 176 g/mol. The van der Waals surface area contributed by atoms with Crippen LogP contribution in [0, 0.1) is 0 Å². The van der Waals surface area contributed by atoms with Crippen LogP contribution in [0.1, 0.15) is 19.4 Å². The van der Waals surface area contributed by atoms with Crippen LogP contribution in [0.2, 0.25) is 0 Å². The van der Waals surface area contributed by atoms with Gasteiger partial charge in [0, 0.05) is 12.4 Å². The molecule has 1 aliphatic heterocycles. The van der Waals surface area contributed by atoms with Gasteiger partial charge in [-0.05, 0) is 26.0 Å². The van der Waals surface area contributed by atoms with E-state index in [2.05, 4.69) is 9.98 Å². The SMILES string of the molecule is CC1(C)CN=Cc2cccnc2O1. The fraction of sp³-hybridized carbons (Fsp3) is 0.400. The molecule has 0 unspecified atom stereocenters. The standard InChI is InChI=1S/C10H12N2O/c1-10(2)7-11-6-8-4-3-5-12-9(8)13-10/h3-6H,7H2,1-2H3. The van der Waals surface area contributed by atoms with Crippen LogP contribution in [0.4, 0.5) is 0 Å². The minimum absolute atomic E-state index is 0.254. The number of hydrogen-bond acceptors (Lipinski definition) is 3. The van der Waals surface area contributed by atoms with Gasteiger partial charge in [-0.25, -0.2) is 4.98 Å².